The van der Waals surface area contributed by atoms with Crippen molar-refractivity contribution in [2.24, 2.45) is 17.8 Å². The fraction of sp³-hybridized carbons (Fsp3) is 1.00. The number of hydrogen-bond donors (Lipinski definition) is 1. The molecule has 1 heteroatoms. The minimum Gasteiger partial charge on any atom is -0.317 e. The molecule has 1 atom stereocenters. The maximum Gasteiger partial charge on any atom is -0.00179 e. The van der Waals surface area contributed by atoms with Gasteiger partial charge in [0.1, 0.15) is 0 Å². The van der Waals surface area contributed by atoms with Gasteiger partial charge in [-0.3, -0.25) is 0 Å². The van der Waals surface area contributed by atoms with E-state index in [1.165, 1.54) is 64.3 Å². The van der Waals surface area contributed by atoms with Gasteiger partial charge in [-0.1, -0.05) is 58.3 Å². The summed E-state index contributed by atoms with van der Waals surface area (Å²) >= 11 is 0. The molecule has 94 valence electrons. The van der Waals surface area contributed by atoms with E-state index in [0.29, 0.717) is 0 Å². The van der Waals surface area contributed by atoms with Crippen molar-refractivity contribution in [2.75, 3.05) is 13.1 Å². The van der Waals surface area contributed by atoms with E-state index in [1.54, 1.807) is 0 Å². The third kappa shape index (κ3) is 3.48. The first-order valence-corrected chi connectivity index (χ1v) is 7.61. The Bertz CT molecular complexity index is 178. The summed E-state index contributed by atoms with van der Waals surface area (Å²) in [6.45, 7) is 4.67. The van der Waals surface area contributed by atoms with Crippen molar-refractivity contribution < 1.29 is 0 Å². The van der Waals surface area contributed by atoms with E-state index >= 15 is 0 Å². The van der Waals surface area contributed by atoms with Crippen LogP contribution in [-0.2, 0) is 0 Å². The fourth-order valence-corrected chi connectivity index (χ4v) is 3.88. The molecule has 2 aliphatic carbocycles. The maximum atomic E-state index is 3.60. The Labute approximate surface area is 101 Å². The second kappa shape index (κ2) is 6.64. The lowest BCUT2D eigenvalue weighted by Crippen LogP contribution is -2.28. The van der Waals surface area contributed by atoms with Gasteiger partial charge < -0.3 is 5.32 Å². The number of hydrogen-bond acceptors (Lipinski definition) is 1. The number of rotatable bonds is 6. The smallest absolute Gasteiger partial charge is 0.00179 e. The molecule has 1 nitrogen and oxygen atoms in total. The summed E-state index contributed by atoms with van der Waals surface area (Å²) in [6, 6.07) is 0. The van der Waals surface area contributed by atoms with Crippen LogP contribution in [0.3, 0.4) is 0 Å². The third-order valence-corrected chi connectivity index (χ3v) is 4.83. The standard InChI is InChI=1S/C15H29N/c1-2-16-12-15(14-9-5-6-10-14)11-13-7-3-4-8-13/h13-16H,2-12H2,1H3. The molecule has 1 N–H and O–H groups in total. The summed E-state index contributed by atoms with van der Waals surface area (Å²) in [6.07, 6.45) is 13.6. The largest absolute Gasteiger partial charge is 0.317 e. The predicted octanol–water partition coefficient (Wildman–Crippen LogP) is 3.98. The van der Waals surface area contributed by atoms with Gasteiger partial charge in [-0.05, 0) is 37.3 Å². The molecule has 2 saturated carbocycles. The molecule has 16 heavy (non-hydrogen) atoms. The number of nitrogens with one attached hydrogen (secondary N) is 1. The molecule has 0 aromatic carbocycles. The molecular formula is C15H29N. The highest BCUT2D eigenvalue weighted by molar-refractivity contribution is 4.80. The Kier molecular flexibility index (Phi) is 5.15. The summed E-state index contributed by atoms with van der Waals surface area (Å²) < 4.78 is 0. The Hall–Kier alpha value is -0.0400. The van der Waals surface area contributed by atoms with Crippen molar-refractivity contribution in [1.82, 2.24) is 5.32 Å². The average Bonchev–Trinajstić information content (AvgIpc) is 2.96. The normalized spacial score (nSPS) is 25.3. The first-order valence-electron chi connectivity index (χ1n) is 7.61. The Morgan fingerprint density at radius 2 is 1.62 bits per heavy atom. The zero-order chi connectivity index (χ0) is 11.2. The Balaban J connectivity index is 1.80. The molecule has 0 radical (unpaired) electrons. The molecule has 2 aliphatic rings. The SMILES string of the molecule is CCNCC(CC1CCCC1)C1CCCC1. The van der Waals surface area contributed by atoms with Crippen LogP contribution in [0.4, 0.5) is 0 Å². The second-order valence-electron chi connectivity index (χ2n) is 6.00. The van der Waals surface area contributed by atoms with Gasteiger partial charge in [0.25, 0.3) is 0 Å². The molecule has 2 fully saturated rings. The van der Waals surface area contributed by atoms with Crippen LogP contribution in [0.5, 0.6) is 0 Å². The zero-order valence-electron chi connectivity index (χ0n) is 11.0. The van der Waals surface area contributed by atoms with Crippen LogP contribution < -0.4 is 5.32 Å². The maximum absolute atomic E-state index is 3.60. The van der Waals surface area contributed by atoms with E-state index < -0.39 is 0 Å². The van der Waals surface area contributed by atoms with E-state index in [-0.39, 0.29) is 0 Å². The minimum absolute atomic E-state index is 0.991. The highest BCUT2D eigenvalue weighted by Gasteiger charge is 2.28. The second-order valence-corrected chi connectivity index (χ2v) is 6.00. The van der Waals surface area contributed by atoms with Crippen LogP contribution in [-0.4, -0.2) is 13.1 Å². The molecule has 0 aromatic rings. The van der Waals surface area contributed by atoms with Crippen LogP contribution in [0.25, 0.3) is 0 Å². The van der Waals surface area contributed by atoms with Crippen LogP contribution >= 0.6 is 0 Å². The van der Waals surface area contributed by atoms with Crippen molar-refractivity contribution in [3.8, 4) is 0 Å². The summed E-state index contributed by atoms with van der Waals surface area (Å²) in [4.78, 5) is 0. The van der Waals surface area contributed by atoms with Crippen LogP contribution in [0.1, 0.15) is 64.7 Å². The van der Waals surface area contributed by atoms with Crippen molar-refractivity contribution in [3.63, 3.8) is 0 Å². The summed E-state index contributed by atoms with van der Waals surface area (Å²) in [5.74, 6) is 3.12. The van der Waals surface area contributed by atoms with Gasteiger partial charge in [-0.25, -0.2) is 0 Å². The molecule has 0 amide bonds. The lowest BCUT2D eigenvalue weighted by molar-refractivity contribution is 0.262. The molecule has 0 bridgehead atoms. The molecule has 2 rings (SSSR count). The van der Waals surface area contributed by atoms with Gasteiger partial charge in [-0.15, -0.1) is 0 Å². The summed E-state index contributed by atoms with van der Waals surface area (Å²) in [5, 5.41) is 3.60. The van der Waals surface area contributed by atoms with Gasteiger partial charge in [-0.2, -0.15) is 0 Å². The Morgan fingerprint density at radius 3 is 2.25 bits per heavy atom. The lowest BCUT2D eigenvalue weighted by atomic mass is 9.82. The molecule has 0 aliphatic heterocycles. The third-order valence-electron chi connectivity index (χ3n) is 4.83. The predicted molar refractivity (Wildman–Crippen MR) is 70.6 cm³/mol. The van der Waals surface area contributed by atoms with E-state index in [9.17, 15) is 0 Å². The highest BCUT2D eigenvalue weighted by Crippen LogP contribution is 2.38. The monoisotopic (exact) mass is 223 g/mol. The average molecular weight is 223 g/mol. The van der Waals surface area contributed by atoms with Crippen LogP contribution in [0.15, 0.2) is 0 Å². The molecule has 0 aromatic heterocycles. The molecule has 0 heterocycles. The Morgan fingerprint density at radius 1 is 1.00 bits per heavy atom. The first kappa shape index (κ1) is 12.4. The van der Waals surface area contributed by atoms with Gasteiger partial charge in [0.2, 0.25) is 0 Å². The van der Waals surface area contributed by atoms with Crippen LogP contribution in [0.2, 0.25) is 0 Å². The zero-order valence-corrected chi connectivity index (χ0v) is 11.0. The fourth-order valence-electron chi connectivity index (χ4n) is 3.88. The molecule has 0 spiro atoms. The van der Waals surface area contributed by atoms with E-state index in [2.05, 4.69) is 12.2 Å². The van der Waals surface area contributed by atoms with Crippen molar-refractivity contribution in [2.45, 2.75) is 64.7 Å². The quantitative estimate of drug-likeness (QED) is 0.718. The molecular weight excluding hydrogens is 194 g/mol. The van der Waals surface area contributed by atoms with Crippen LogP contribution in [0, 0.1) is 17.8 Å². The first-order chi connectivity index (χ1) is 7.90. The van der Waals surface area contributed by atoms with E-state index in [1.807, 2.05) is 0 Å². The summed E-state index contributed by atoms with van der Waals surface area (Å²) in [5.41, 5.74) is 0. The van der Waals surface area contributed by atoms with Crippen molar-refractivity contribution >= 4 is 0 Å². The highest BCUT2D eigenvalue weighted by atomic mass is 14.8. The van der Waals surface area contributed by atoms with E-state index in [0.717, 1.165) is 24.3 Å². The minimum atomic E-state index is 0.991. The van der Waals surface area contributed by atoms with Gasteiger partial charge in [0.15, 0.2) is 0 Å². The summed E-state index contributed by atoms with van der Waals surface area (Å²) in [7, 11) is 0. The van der Waals surface area contributed by atoms with Gasteiger partial charge in [0, 0.05) is 0 Å². The van der Waals surface area contributed by atoms with Crippen molar-refractivity contribution in [3.05, 3.63) is 0 Å². The van der Waals surface area contributed by atoms with E-state index in [4.69, 9.17) is 0 Å². The molecule has 1 unspecified atom stereocenters. The van der Waals surface area contributed by atoms with Gasteiger partial charge >= 0.3 is 0 Å². The lowest BCUT2D eigenvalue weighted by Gasteiger charge is -2.26. The molecule has 0 saturated heterocycles. The van der Waals surface area contributed by atoms with Gasteiger partial charge in [0.05, 0.1) is 0 Å². The topological polar surface area (TPSA) is 12.0 Å². The van der Waals surface area contributed by atoms with Crippen molar-refractivity contribution in [1.29, 1.82) is 0 Å².